The number of aromatic amines is 1. The molecule has 0 bridgehead atoms. The number of nitrogens with zero attached hydrogens (tertiary/aromatic N) is 4. The first kappa shape index (κ1) is 12.9. The molecule has 2 aromatic heterocycles. The summed E-state index contributed by atoms with van der Waals surface area (Å²) in [6.45, 7) is 4.38. The van der Waals surface area contributed by atoms with E-state index < -0.39 is 0 Å². The quantitative estimate of drug-likeness (QED) is 0.892. The van der Waals surface area contributed by atoms with Crippen molar-refractivity contribution >= 4 is 22.8 Å². The van der Waals surface area contributed by atoms with Gasteiger partial charge < -0.3 is 14.8 Å². The number of hydrogen-bond acceptors (Lipinski definition) is 4. The minimum absolute atomic E-state index is 0.197. The summed E-state index contributed by atoms with van der Waals surface area (Å²) in [6, 6.07) is 0. The van der Waals surface area contributed by atoms with E-state index in [1.807, 2.05) is 13.2 Å². The lowest BCUT2D eigenvalue weighted by atomic mass is 10.2. The van der Waals surface area contributed by atoms with Crippen molar-refractivity contribution in [3.05, 3.63) is 18.1 Å². The van der Waals surface area contributed by atoms with Gasteiger partial charge in [-0.25, -0.2) is 9.97 Å². The van der Waals surface area contributed by atoms with Gasteiger partial charge in [-0.15, -0.1) is 0 Å². The summed E-state index contributed by atoms with van der Waals surface area (Å²) in [4.78, 5) is 27.7. The van der Waals surface area contributed by atoms with Crippen molar-refractivity contribution in [2.75, 3.05) is 31.6 Å². The summed E-state index contributed by atoms with van der Waals surface area (Å²) in [5, 5.41) is 1.09. The molecule has 1 amide bonds. The fourth-order valence-corrected chi connectivity index (χ4v) is 2.67. The molecule has 20 heavy (non-hydrogen) atoms. The number of rotatable bonds is 2. The Kier molecular flexibility index (Phi) is 3.30. The van der Waals surface area contributed by atoms with Crippen molar-refractivity contribution in [1.29, 1.82) is 0 Å². The predicted molar refractivity (Wildman–Crippen MR) is 77.7 cm³/mol. The van der Waals surface area contributed by atoms with Gasteiger partial charge in [0, 0.05) is 39.3 Å². The Morgan fingerprint density at radius 3 is 2.95 bits per heavy atom. The second-order valence-electron chi connectivity index (χ2n) is 5.14. The van der Waals surface area contributed by atoms with E-state index in [1.165, 1.54) is 5.56 Å². The van der Waals surface area contributed by atoms with E-state index in [0.29, 0.717) is 13.0 Å². The van der Waals surface area contributed by atoms with Gasteiger partial charge in [0.2, 0.25) is 5.91 Å². The second kappa shape index (κ2) is 5.11. The van der Waals surface area contributed by atoms with Gasteiger partial charge in [0.05, 0.1) is 5.39 Å². The molecule has 0 saturated carbocycles. The number of H-pyrrole nitrogens is 1. The highest BCUT2D eigenvalue weighted by atomic mass is 16.2. The Morgan fingerprint density at radius 2 is 2.15 bits per heavy atom. The first-order chi connectivity index (χ1) is 9.70. The summed E-state index contributed by atoms with van der Waals surface area (Å²) in [5.74, 6) is 1.14. The highest BCUT2D eigenvalue weighted by molar-refractivity contribution is 5.91. The van der Waals surface area contributed by atoms with Crippen molar-refractivity contribution in [2.24, 2.45) is 0 Å². The Labute approximate surface area is 117 Å². The van der Waals surface area contributed by atoms with Crippen LogP contribution < -0.4 is 4.90 Å². The molecule has 0 spiro atoms. The summed E-state index contributed by atoms with van der Waals surface area (Å²) in [7, 11) is 1.86. The van der Waals surface area contributed by atoms with Crippen LogP contribution in [0, 0.1) is 0 Å². The van der Waals surface area contributed by atoms with E-state index in [2.05, 4.69) is 26.8 Å². The Bertz CT molecular complexity index is 636. The van der Waals surface area contributed by atoms with Crippen molar-refractivity contribution in [1.82, 2.24) is 19.9 Å². The number of carbonyl (C=O) groups excluding carboxylic acids is 1. The van der Waals surface area contributed by atoms with E-state index in [1.54, 1.807) is 11.2 Å². The number of fused-ring (bicyclic) bond motifs is 1. The Balaban J connectivity index is 2.01. The van der Waals surface area contributed by atoms with E-state index in [4.69, 9.17) is 0 Å². The molecule has 1 aliphatic heterocycles. The third-order valence-corrected chi connectivity index (χ3v) is 3.94. The Morgan fingerprint density at radius 1 is 1.30 bits per heavy atom. The SMILES string of the molecule is CCc1c[nH]c2ncnc(N3CCC(=O)N(C)CC3)c12. The van der Waals surface area contributed by atoms with Gasteiger partial charge >= 0.3 is 0 Å². The van der Waals surface area contributed by atoms with Crippen molar-refractivity contribution in [3.8, 4) is 0 Å². The van der Waals surface area contributed by atoms with E-state index >= 15 is 0 Å². The molecule has 1 N–H and O–H groups in total. The zero-order valence-corrected chi connectivity index (χ0v) is 11.9. The van der Waals surface area contributed by atoms with Crippen LogP contribution in [0.2, 0.25) is 0 Å². The lowest BCUT2D eigenvalue weighted by molar-refractivity contribution is -0.129. The highest BCUT2D eigenvalue weighted by Gasteiger charge is 2.21. The smallest absolute Gasteiger partial charge is 0.224 e. The van der Waals surface area contributed by atoms with E-state index in [9.17, 15) is 4.79 Å². The van der Waals surface area contributed by atoms with Gasteiger partial charge in [0.25, 0.3) is 0 Å². The summed E-state index contributed by atoms with van der Waals surface area (Å²) >= 11 is 0. The maximum atomic E-state index is 11.8. The van der Waals surface area contributed by atoms with Crippen LogP contribution in [0.25, 0.3) is 11.0 Å². The lowest BCUT2D eigenvalue weighted by Crippen LogP contribution is -2.30. The molecule has 106 valence electrons. The predicted octanol–water partition coefficient (Wildman–Crippen LogP) is 1.19. The number of aromatic nitrogens is 3. The molecule has 0 aliphatic carbocycles. The zero-order valence-electron chi connectivity index (χ0n) is 11.9. The van der Waals surface area contributed by atoms with Gasteiger partial charge in [0.1, 0.15) is 17.8 Å². The topological polar surface area (TPSA) is 65.1 Å². The average molecular weight is 273 g/mol. The molecule has 1 aliphatic rings. The molecule has 0 unspecified atom stereocenters. The van der Waals surface area contributed by atoms with Crippen LogP contribution in [0.3, 0.4) is 0 Å². The van der Waals surface area contributed by atoms with Crippen LogP contribution in [0.5, 0.6) is 0 Å². The number of amides is 1. The molecule has 0 radical (unpaired) electrons. The molecule has 3 rings (SSSR count). The van der Waals surface area contributed by atoms with Crippen LogP contribution in [-0.2, 0) is 11.2 Å². The van der Waals surface area contributed by atoms with Crippen LogP contribution in [-0.4, -0.2) is 52.4 Å². The molecular formula is C14H19N5O. The maximum Gasteiger partial charge on any atom is 0.224 e. The third-order valence-electron chi connectivity index (χ3n) is 3.94. The van der Waals surface area contributed by atoms with Gasteiger partial charge in [0.15, 0.2) is 0 Å². The number of likely N-dealkylation sites (N-methyl/N-ethyl adjacent to an activating group) is 1. The molecule has 0 atom stereocenters. The summed E-state index contributed by atoms with van der Waals surface area (Å²) < 4.78 is 0. The first-order valence-corrected chi connectivity index (χ1v) is 7.00. The van der Waals surface area contributed by atoms with Crippen molar-refractivity contribution < 1.29 is 4.79 Å². The fraction of sp³-hybridized carbons (Fsp3) is 0.500. The molecule has 2 aromatic rings. The monoisotopic (exact) mass is 273 g/mol. The lowest BCUT2D eigenvalue weighted by Gasteiger charge is -2.22. The second-order valence-corrected chi connectivity index (χ2v) is 5.14. The van der Waals surface area contributed by atoms with E-state index in [-0.39, 0.29) is 5.91 Å². The van der Waals surface area contributed by atoms with Crippen molar-refractivity contribution in [3.63, 3.8) is 0 Å². The number of carbonyl (C=O) groups is 1. The molecule has 3 heterocycles. The summed E-state index contributed by atoms with van der Waals surface area (Å²) in [5.41, 5.74) is 2.09. The standard InChI is InChI=1S/C14H19N5O/c1-3-10-8-15-13-12(10)14(17-9-16-13)19-5-4-11(20)18(2)6-7-19/h8-9H,3-7H2,1-2H3,(H,15,16,17). The number of hydrogen-bond donors (Lipinski definition) is 1. The first-order valence-electron chi connectivity index (χ1n) is 7.00. The minimum atomic E-state index is 0.197. The minimum Gasteiger partial charge on any atom is -0.354 e. The van der Waals surface area contributed by atoms with Crippen LogP contribution in [0.15, 0.2) is 12.5 Å². The molecule has 6 nitrogen and oxygen atoms in total. The zero-order chi connectivity index (χ0) is 14.1. The van der Waals surface area contributed by atoms with Gasteiger partial charge in [-0.1, -0.05) is 6.92 Å². The fourth-order valence-electron chi connectivity index (χ4n) is 2.67. The van der Waals surface area contributed by atoms with Gasteiger partial charge in [-0.05, 0) is 12.0 Å². The molecule has 0 aromatic carbocycles. The number of anilines is 1. The highest BCUT2D eigenvalue weighted by Crippen LogP contribution is 2.27. The molecule has 1 fully saturated rings. The molecule has 6 heteroatoms. The number of nitrogens with one attached hydrogen (secondary N) is 1. The summed E-state index contributed by atoms with van der Waals surface area (Å²) in [6.07, 6.45) is 5.06. The Hall–Kier alpha value is -2.11. The number of aryl methyl sites for hydroxylation is 1. The van der Waals surface area contributed by atoms with Crippen molar-refractivity contribution in [2.45, 2.75) is 19.8 Å². The third kappa shape index (κ3) is 2.11. The molecular weight excluding hydrogens is 254 g/mol. The van der Waals surface area contributed by atoms with Crippen LogP contribution in [0.4, 0.5) is 5.82 Å². The van der Waals surface area contributed by atoms with Gasteiger partial charge in [-0.3, -0.25) is 4.79 Å². The van der Waals surface area contributed by atoms with Gasteiger partial charge in [-0.2, -0.15) is 0 Å². The molecule has 1 saturated heterocycles. The van der Waals surface area contributed by atoms with Crippen LogP contribution >= 0.6 is 0 Å². The van der Waals surface area contributed by atoms with Crippen LogP contribution in [0.1, 0.15) is 18.9 Å². The average Bonchev–Trinajstić information content (AvgIpc) is 2.82. The normalized spacial score (nSPS) is 16.8. The van der Waals surface area contributed by atoms with E-state index in [0.717, 1.165) is 36.4 Å². The largest absolute Gasteiger partial charge is 0.354 e. The maximum absolute atomic E-state index is 11.8.